The molecule has 14 heavy (non-hydrogen) atoms. The van der Waals surface area contributed by atoms with E-state index < -0.39 is 12.6 Å². The van der Waals surface area contributed by atoms with Crippen LogP contribution < -0.4 is 0 Å². The third kappa shape index (κ3) is 41.9. The fourth-order valence-corrected chi connectivity index (χ4v) is 0.482. The topological polar surface area (TPSA) is 76.0 Å². The number of rotatable bonds is 4. The Morgan fingerprint density at radius 2 is 1.21 bits per heavy atom. The number of ether oxygens (including phenoxy) is 2. The third-order valence-corrected chi connectivity index (χ3v) is 0.816. The second-order valence-electron chi connectivity index (χ2n) is 2.11. The van der Waals surface area contributed by atoms with E-state index in [1.807, 2.05) is 20.6 Å². The molecule has 0 fully saturated rings. The first kappa shape index (κ1) is 19.1. The Morgan fingerprint density at radius 3 is 1.21 bits per heavy atom. The fourth-order valence-electron chi connectivity index (χ4n) is 0.482. The maximum Gasteiger partial charge on any atom is 0.151 e. The van der Waals surface area contributed by atoms with Crippen LogP contribution in [0.25, 0.3) is 0 Å². The Balaban J connectivity index is -0.000000147. The average Bonchev–Trinajstić information content (AvgIpc) is 2.08. The zero-order chi connectivity index (χ0) is 12.0. The van der Waals surface area contributed by atoms with Crippen LogP contribution in [0, 0.1) is 0 Å². The summed E-state index contributed by atoms with van der Waals surface area (Å²) in [6.45, 7) is 10.0. The predicted octanol–water partition coefficient (Wildman–Crippen LogP) is 0.538. The van der Waals surface area contributed by atoms with Crippen molar-refractivity contribution in [2.24, 2.45) is 0 Å². The maximum atomic E-state index is 8.33. The molecule has 0 amide bonds. The van der Waals surface area contributed by atoms with Gasteiger partial charge < -0.3 is 24.5 Å². The molecule has 88 valence electrons. The van der Waals surface area contributed by atoms with Crippen LogP contribution >= 0.6 is 0 Å². The van der Waals surface area contributed by atoms with Crippen LogP contribution in [0.4, 0.5) is 0 Å². The van der Waals surface area contributed by atoms with E-state index in [4.69, 9.17) is 15.0 Å². The van der Waals surface area contributed by atoms with Crippen molar-refractivity contribution in [2.75, 3.05) is 13.2 Å². The van der Waals surface area contributed by atoms with Gasteiger partial charge in [-0.15, -0.1) is 0 Å². The number of aliphatic hydroxyl groups excluding tert-OH is 2. The fraction of sp³-hybridized carbons (Fsp3) is 0.889. The molecule has 0 heterocycles. The van der Waals surface area contributed by atoms with Gasteiger partial charge in [-0.1, -0.05) is 0 Å². The minimum atomic E-state index is -0.602. The molecule has 0 bridgehead atoms. The molecule has 5 nitrogen and oxygen atoms in total. The first-order valence-electron chi connectivity index (χ1n) is 4.42. The van der Waals surface area contributed by atoms with E-state index in [9.17, 15) is 0 Å². The summed E-state index contributed by atoms with van der Waals surface area (Å²) >= 11 is 0. The highest BCUT2D eigenvalue weighted by atomic mass is 16.6. The quantitative estimate of drug-likeness (QED) is 0.662. The molecule has 2 unspecified atom stereocenters. The second kappa shape index (κ2) is 18.3. The van der Waals surface area contributed by atoms with Gasteiger partial charge in [0.15, 0.2) is 12.6 Å². The summed E-state index contributed by atoms with van der Waals surface area (Å²) < 4.78 is 9.19. The number of aliphatic hydroxyl groups is 2. The summed E-state index contributed by atoms with van der Waals surface area (Å²) in [4.78, 5) is 8.00. The molecule has 0 saturated heterocycles. The van der Waals surface area contributed by atoms with Crippen LogP contribution in [-0.4, -0.2) is 42.8 Å². The standard InChI is InChI=1S/2C4H10O2.CH2O/c2*1-3-6-4(2)5;1-2/h2*4-5H,3H2,1-2H3;1H2. The van der Waals surface area contributed by atoms with E-state index in [1.165, 1.54) is 0 Å². The molecule has 2 atom stereocenters. The average molecular weight is 210 g/mol. The third-order valence-electron chi connectivity index (χ3n) is 0.816. The van der Waals surface area contributed by atoms with E-state index in [-0.39, 0.29) is 0 Å². The van der Waals surface area contributed by atoms with Gasteiger partial charge in [-0.25, -0.2) is 0 Å². The Kier molecular flexibility index (Phi) is 25.1. The normalized spacial score (nSPS) is 12.7. The summed E-state index contributed by atoms with van der Waals surface area (Å²) in [5.41, 5.74) is 0. The SMILES string of the molecule is C=O.CCOC(C)O.CCOC(C)O. The monoisotopic (exact) mass is 210 g/mol. The largest absolute Gasteiger partial charge is 0.368 e. The highest BCUT2D eigenvalue weighted by Crippen LogP contribution is 1.79. The van der Waals surface area contributed by atoms with Crippen molar-refractivity contribution in [1.82, 2.24) is 0 Å². The predicted molar refractivity (Wildman–Crippen MR) is 53.7 cm³/mol. The van der Waals surface area contributed by atoms with Crippen molar-refractivity contribution >= 4 is 6.79 Å². The van der Waals surface area contributed by atoms with E-state index in [0.29, 0.717) is 13.2 Å². The lowest BCUT2D eigenvalue weighted by atomic mass is 10.7. The lowest BCUT2D eigenvalue weighted by molar-refractivity contribution is -0.0980. The van der Waals surface area contributed by atoms with Crippen LogP contribution in [0.15, 0.2) is 0 Å². The summed E-state index contributed by atoms with van der Waals surface area (Å²) in [5.74, 6) is 0. The molecule has 0 rings (SSSR count). The number of carbonyl (C=O) groups is 1. The molecule has 0 aliphatic rings. The summed E-state index contributed by atoms with van der Waals surface area (Å²) in [5, 5.41) is 16.7. The Bertz CT molecular complexity index is 75.3. The summed E-state index contributed by atoms with van der Waals surface area (Å²) in [6.07, 6.45) is -1.20. The van der Waals surface area contributed by atoms with E-state index in [1.54, 1.807) is 13.8 Å². The maximum absolute atomic E-state index is 8.33. The minimum absolute atomic E-state index is 0.581. The molecule has 0 aromatic rings. The van der Waals surface area contributed by atoms with Gasteiger partial charge in [0.05, 0.1) is 0 Å². The van der Waals surface area contributed by atoms with Gasteiger partial charge in [-0.05, 0) is 27.7 Å². The van der Waals surface area contributed by atoms with Gasteiger partial charge >= 0.3 is 0 Å². The van der Waals surface area contributed by atoms with Gasteiger partial charge in [0, 0.05) is 13.2 Å². The van der Waals surface area contributed by atoms with Crippen LogP contribution in [0.3, 0.4) is 0 Å². The molecule has 0 saturated carbocycles. The highest BCUT2D eigenvalue weighted by molar-refractivity contribution is 5.10. The smallest absolute Gasteiger partial charge is 0.151 e. The molecule has 5 heteroatoms. The molecular formula is C9H22O5. The van der Waals surface area contributed by atoms with Crippen molar-refractivity contribution < 1.29 is 24.5 Å². The minimum Gasteiger partial charge on any atom is -0.368 e. The lowest BCUT2D eigenvalue weighted by Crippen LogP contribution is -2.04. The number of carbonyl (C=O) groups excluding carboxylic acids is 1. The van der Waals surface area contributed by atoms with Crippen LogP contribution in [-0.2, 0) is 14.3 Å². The molecule has 0 aromatic carbocycles. The zero-order valence-electron chi connectivity index (χ0n) is 9.40. The number of hydrogen-bond acceptors (Lipinski definition) is 5. The molecule has 0 aromatic heterocycles. The highest BCUT2D eigenvalue weighted by Gasteiger charge is 1.85. The first-order valence-corrected chi connectivity index (χ1v) is 4.42. The molecule has 0 aliphatic heterocycles. The molecular weight excluding hydrogens is 188 g/mol. The summed E-state index contributed by atoms with van der Waals surface area (Å²) in [7, 11) is 0. The summed E-state index contributed by atoms with van der Waals surface area (Å²) in [6, 6.07) is 0. The van der Waals surface area contributed by atoms with Crippen LogP contribution in [0.2, 0.25) is 0 Å². The van der Waals surface area contributed by atoms with Gasteiger partial charge in [0.25, 0.3) is 0 Å². The van der Waals surface area contributed by atoms with Crippen molar-refractivity contribution in [3.05, 3.63) is 0 Å². The van der Waals surface area contributed by atoms with Crippen molar-refractivity contribution in [3.63, 3.8) is 0 Å². The van der Waals surface area contributed by atoms with Crippen LogP contribution in [0.1, 0.15) is 27.7 Å². The van der Waals surface area contributed by atoms with Crippen LogP contribution in [0.5, 0.6) is 0 Å². The Morgan fingerprint density at radius 1 is 1.00 bits per heavy atom. The molecule has 0 radical (unpaired) electrons. The van der Waals surface area contributed by atoms with E-state index in [2.05, 4.69) is 9.47 Å². The Hall–Kier alpha value is -0.490. The molecule has 2 N–H and O–H groups in total. The van der Waals surface area contributed by atoms with Gasteiger partial charge in [-0.2, -0.15) is 0 Å². The van der Waals surface area contributed by atoms with Crippen molar-refractivity contribution in [3.8, 4) is 0 Å². The molecule has 0 spiro atoms. The zero-order valence-corrected chi connectivity index (χ0v) is 9.40. The second-order valence-corrected chi connectivity index (χ2v) is 2.11. The van der Waals surface area contributed by atoms with Gasteiger partial charge in [0.2, 0.25) is 0 Å². The first-order chi connectivity index (χ1) is 6.54. The van der Waals surface area contributed by atoms with E-state index >= 15 is 0 Å². The van der Waals surface area contributed by atoms with Gasteiger partial charge in [0.1, 0.15) is 6.79 Å². The van der Waals surface area contributed by atoms with E-state index in [0.717, 1.165) is 0 Å². The lowest BCUT2D eigenvalue weighted by Gasteiger charge is -1.99. The van der Waals surface area contributed by atoms with Crippen molar-refractivity contribution in [1.29, 1.82) is 0 Å². The molecule has 0 aliphatic carbocycles. The Labute approximate surface area is 85.6 Å². The van der Waals surface area contributed by atoms with Gasteiger partial charge in [-0.3, -0.25) is 0 Å². The van der Waals surface area contributed by atoms with Crippen molar-refractivity contribution in [2.45, 2.75) is 40.3 Å². The number of hydrogen-bond donors (Lipinski definition) is 2.